The molecule has 2 unspecified atom stereocenters. The van der Waals surface area contributed by atoms with E-state index in [1.54, 1.807) is 54.9 Å². The monoisotopic (exact) mass is 714 g/mol. The fourth-order valence-corrected chi connectivity index (χ4v) is 25.7. The Kier molecular flexibility index (Phi) is 6.96. The van der Waals surface area contributed by atoms with Gasteiger partial charge in [0.15, 0.2) is 0 Å². The zero-order valence-corrected chi connectivity index (χ0v) is 32.6. The van der Waals surface area contributed by atoms with E-state index in [1.807, 2.05) is 0 Å². The standard InChI is InChI=1S/C44H38Si.2CH3.Zr/c1-5-29-27-33-19-13-25-39(43(33)41(29)37-23-11-17-31-15-7-9-21-35(31)37)45(3,4)40-26-14-20-34-28-30(6-2)42(44(34)40)38-24-12-18-32-16-8-10-22-36(32)38;;;/h7-28H,5-6H2,1-4H3;2*1H3;. The van der Waals surface area contributed by atoms with Crippen molar-refractivity contribution in [3.63, 3.8) is 0 Å². The summed E-state index contributed by atoms with van der Waals surface area (Å²) in [7, 11) is -2.24. The van der Waals surface area contributed by atoms with E-state index in [2.05, 4.69) is 158 Å². The van der Waals surface area contributed by atoms with E-state index in [1.165, 1.54) is 32.7 Å². The topological polar surface area (TPSA) is 0 Å². The molecule has 6 aromatic rings. The van der Waals surface area contributed by atoms with Crippen molar-refractivity contribution in [2.75, 3.05) is 0 Å². The molecule has 1 heterocycles. The summed E-state index contributed by atoms with van der Waals surface area (Å²) in [5.74, 6) is 0. The Hall–Kier alpha value is -3.58. The molecule has 3 aliphatic rings. The van der Waals surface area contributed by atoms with Gasteiger partial charge in [0.25, 0.3) is 0 Å². The third-order valence-corrected chi connectivity index (χ3v) is 26.5. The van der Waals surface area contributed by atoms with Crippen LogP contribution in [0.3, 0.4) is 0 Å². The Balaban J connectivity index is 1.44. The van der Waals surface area contributed by atoms with Crippen molar-refractivity contribution in [2.45, 2.75) is 56.3 Å². The van der Waals surface area contributed by atoms with Gasteiger partial charge in [-0.25, -0.2) is 0 Å². The van der Waals surface area contributed by atoms with Crippen LogP contribution in [0.2, 0.25) is 22.4 Å². The molecular weight excluding hydrogens is 672 g/mol. The average molecular weight is 716 g/mol. The van der Waals surface area contributed by atoms with Gasteiger partial charge in [0.05, 0.1) is 0 Å². The van der Waals surface area contributed by atoms with Crippen LogP contribution in [-0.2, 0) is 20.3 Å². The normalized spacial score (nSPS) is 20.2. The van der Waals surface area contributed by atoms with Crippen LogP contribution in [0.4, 0.5) is 0 Å². The predicted octanol–water partition coefficient (Wildman–Crippen LogP) is 11.6. The first-order valence-electron chi connectivity index (χ1n) is 18.0. The summed E-state index contributed by atoms with van der Waals surface area (Å²) >= 11 is -3.20. The number of rotatable bonds is 4. The van der Waals surface area contributed by atoms with Crippen LogP contribution < -0.4 is 10.4 Å². The molecule has 0 aromatic heterocycles. The van der Waals surface area contributed by atoms with Gasteiger partial charge in [-0.3, -0.25) is 0 Å². The number of hydrogen-bond acceptors (Lipinski definition) is 0. The zero-order chi connectivity index (χ0) is 32.9. The fraction of sp³-hybridized carbons (Fsp3) is 0.217. The summed E-state index contributed by atoms with van der Waals surface area (Å²) in [6.07, 6.45) is 2.19. The quantitative estimate of drug-likeness (QED) is 0.159. The van der Waals surface area contributed by atoms with Crippen molar-refractivity contribution in [1.82, 2.24) is 0 Å². The van der Waals surface area contributed by atoms with Crippen LogP contribution >= 0.6 is 0 Å². The molecule has 48 heavy (non-hydrogen) atoms. The van der Waals surface area contributed by atoms with Crippen LogP contribution in [0.1, 0.15) is 67.3 Å². The molecule has 2 heteroatoms. The third kappa shape index (κ3) is 4.03. The first-order chi connectivity index (χ1) is 23.3. The molecule has 0 saturated heterocycles. The summed E-state index contributed by atoms with van der Waals surface area (Å²) in [4.78, 5) is 0. The number of hydrogen-bond donors (Lipinski definition) is 0. The molecule has 236 valence electrons. The Labute approximate surface area is 291 Å². The molecule has 0 nitrogen and oxygen atoms in total. The molecule has 8 bridgehead atoms. The summed E-state index contributed by atoms with van der Waals surface area (Å²) in [6.45, 7) is 10.2. The second-order valence-electron chi connectivity index (χ2n) is 15.4. The second-order valence-corrected chi connectivity index (χ2v) is 31.5. The van der Waals surface area contributed by atoms with Crippen LogP contribution in [0.5, 0.6) is 0 Å². The van der Waals surface area contributed by atoms with Gasteiger partial charge in [-0.1, -0.05) is 0 Å². The van der Waals surface area contributed by atoms with E-state index in [4.69, 9.17) is 0 Å². The first-order valence-corrected chi connectivity index (χ1v) is 28.7. The van der Waals surface area contributed by atoms with Gasteiger partial charge in [-0.15, -0.1) is 0 Å². The van der Waals surface area contributed by atoms with Gasteiger partial charge >= 0.3 is 294 Å². The van der Waals surface area contributed by atoms with Gasteiger partial charge in [0.2, 0.25) is 0 Å². The average Bonchev–Trinajstić information content (AvgIpc) is 3.64. The molecule has 2 atom stereocenters. The molecule has 0 saturated carbocycles. The van der Waals surface area contributed by atoms with Crippen LogP contribution in [-0.4, -0.2) is 8.07 Å². The van der Waals surface area contributed by atoms with Crippen LogP contribution in [0.25, 0.3) is 32.7 Å². The Bertz CT molecular complexity index is 2210. The molecule has 9 rings (SSSR count). The molecule has 0 fully saturated rings. The number of fused-ring (bicyclic) bond motifs is 2. The van der Waals surface area contributed by atoms with Crippen molar-refractivity contribution in [2.24, 2.45) is 0 Å². The number of benzene rings is 6. The summed E-state index contributed by atoms with van der Waals surface area (Å²) < 4.78 is 6.69. The van der Waals surface area contributed by atoms with Gasteiger partial charge in [-0.2, -0.15) is 0 Å². The Morgan fingerprint density at radius 3 is 1.33 bits per heavy atom. The predicted molar refractivity (Wildman–Crippen MR) is 207 cm³/mol. The Morgan fingerprint density at radius 1 is 0.500 bits per heavy atom. The van der Waals surface area contributed by atoms with Gasteiger partial charge in [0.1, 0.15) is 0 Å². The zero-order valence-electron chi connectivity index (χ0n) is 29.1. The van der Waals surface area contributed by atoms with Crippen LogP contribution in [0, 0.1) is 0 Å². The molecular formula is C46H44SiZr. The Morgan fingerprint density at radius 2 is 0.896 bits per heavy atom. The number of allylic oxidation sites excluding steroid dienone is 2. The van der Waals surface area contributed by atoms with Gasteiger partial charge in [-0.05, 0) is 0 Å². The molecule has 0 radical (unpaired) electrons. The minimum atomic E-state index is -3.20. The molecule has 0 N–H and O–H groups in total. The van der Waals surface area contributed by atoms with Crippen molar-refractivity contribution >= 4 is 51.1 Å². The summed E-state index contributed by atoms with van der Waals surface area (Å²) in [5, 5.41) is 8.70. The van der Waals surface area contributed by atoms with Crippen molar-refractivity contribution in [3.8, 4) is 0 Å². The van der Waals surface area contributed by atoms with E-state index in [9.17, 15) is 0 Å². The van der Waals surface area contributed by atoms with Crippen molar-refractivity contribution < 1.29 is 20.3 Å². The molecule has 0 spiro atoms. The van der Waals surface area contributed by atoms with E-state index >= 15 is 0 Å². The maximum atomic E-state index is 2.81. The molecule has 6 aromatic carbocycles. The van der Waals surface area contributed by atoms with Gasteiger partial charge < -0.3 is 0 Å². The molecule has 2 aliphatic carbocycles. The first kappa shape index (κ1) is 30.5. The maximum absolute atomic E-state index is 3.20. The molecule has 1 aliphatic heterocycles. The van der Waals surface area contributed by atoms with E-state index in [-0.39, 0.29) is 0 Å². The van der Waals surface area contributed by atoms with E-state index in [0.717, 1.165) is 12.8 Å². The molecule has 0 amide bonds. The summed E-state index contributed by atoms with van der Waals surface area (Å²) in [5.41, 5.74) is 15.9. The fourth-order valence-electron chi connectivity index (χ4n) is 10.5. The van der Waals surface area contributed by atoms with Gasteiger partial charge in [0, 0.05) is 0 Å². The van der Waals surface area contributed by atoms with Crippen molar-refractivity contribution in [3.05, 3.63) is 166 Å². The SMILES string of the molecule is CCC1=C(c2cccc3ccccc23)c2c3cccc2[Si](C)(C)c2cccc4c2C(c2cccc5ccccc25)=C(CC)[CH]4[Zr]([CH3])([CH3])[CH]13. The van der Waals surface area contributed by atoms with Crippen molar-refractivity contribution in [1.29, 1.82) is 0 Å². The van der Waals surface area contributed by atoms with E-state index in [0.29, 0.717) is 7.25 Å². The van der Waals surface area contributed by atoms with Crippen LogP contribution in [0.15, 0.2) is 132 Å². The second kappa shape index (κ2) is 11.0. The summed E-state index contributed by atoms with van der Waals surface area (Å²) in [6, 6.07) is 47.2. The van der Waals surface area contributed by atoms with E-state index < -0.39 is 28.3 Å². The third-order valence-electron chi connectivity index (χ3n) is 12.4. The minimum absolute atomic E-state index is 0.533.